The molecule has 92 valence electrons. The van der Waals surface area contributed by atoms with Gasteiger partial charge in [0.15, 0.2) is 5.17 Å². The predicted octanol–water partition coefficient (Wildman–Crippen LogP) is 1.68. The lowest BCUT2D eigenvalue weighted by molar-refractivity contribution is 0.592. The van der Waals surface area contributed by atoms with Crippen LogP contribution in [0.3, 0.4) is 0 Å². The van der Waals surface area contributed by atoms with Crippen LogP contribution in [0.1, 0.15) is 11.1 Å². The number of aliphatic imine (C=N–C) groups is 1. The molecule has 0 spiro atoms. The topological polar surface area (TPSA) is 58.5 Å². The average molecular weight is 270 g/mol. The van der Waals surface area contributed by atoms with Crippen molar-refractivity contribution in [1.82, 2.24) is 4.72 Å². The van der Waals surface area contributed by atoms with Gasteiger partial charge in [0.1, 0.15) is 0 Å². The standard InChI is InChI=1S/C11H14N2O2S2/c1-8-3-4-9(2)10(7-8)17(14,15)13-11-12-5-6-16-11/h3-4,7H,5-6H2,1-2H3,(H,12,13). The Morgan fingerprint density at radius 2 is 2.12 bits per heavy atom. The fourth-order valence-electron chi connectivity index (χ4n) is 1.56. The van der Waals surface area contributed by atoms with E-state index < -0.39 is 10.0 Å². The van der Waals surface area contributed by atoms with E-state index in [-0.39, 0.29) is 0 Å². The van der Waals surface area contributed by atoms with E-state index in [0.717, 1.165) is 16.9 Å². The van der Waals surface area contributed by atoms with Gasteiger partial charge in [-0.05, 0) is 31.0 Å². The number of rotatable bonds is 2. The number of thioether (sulfide) groups is 1. The summed E-state index contributed by atoms with van der Waals surface area (Å²) in [6.07, 6.45) is 0. The highest BCUT2D eigenvalue weighted by molar-refractivity contribution is 8.15. The van der Waals surface area contributed by atoms with Crippen LogP contribution in [0.15, 0.2) is 28.1 Å². The first-order chi connectivity index (χ1) is 7.99. The minimum absolute atomic E-state index is 0.327. The Labute approximate surface area is 106 Å². The van der Waals surface area contributed by atoms with Gasteiger partial charge in [-0.25, -0.2) is 8.42 Å². The third-order valence-corrected chi connectivity index (χ3v) is 4.94. The maximum Gasteiger partial charge on any atom is 0.263 e. The summed E-state index contributed by atoms with van der Waals surface area (Å²) in [5.74, 6) is 0.838. The van der Waals surface area contributed by atoms with Gasteiger partial charge in [-0.3, -0.25) is 9.71 Å². The molecule has 0 atom stereocenters. The van der Waals surface area contributed by atoms with Crippen molar-refractivity contribution in [3.63, 3.8) is 0 Å². The molecule has 1 aromatic carbocycles. The Bertz CT molecular complexity index is 565. The Hall–Kier alpha value is -1.01. The molecule has 17 heavy (non-hydrogen) atoms. The summed E-state index contributed by atoms with van der Waals surface area (Å²) < 4.78 is 26.8. The molecule has 1 aromatic rings. The van der Waals surface area contributed by atoms with Gasteiger partial charge in [-0.2, -0.15) is 0 Å². The van der Waals surface area contributed by atoms with Crippen molar-refractivity contribution in [2.75, 3.05) is 12.3 Å². The van der Waals surface area contributed by atoms with E-state index in [9.17, 15) is 8.42 Å². The largest absolute Gasteiger partial charge is 0.263 e. The molecule has 1 heterocycles. The van der Waals surface area contributed by atoms with Crippen LogP contribution >= 0.6 is 11.8 Å². The van der Waals surface area contributed by atoms with Crippen molar-refractivity contribution in [2.24, 2.45) is 4.99 Å². The number of hydrogen-bond acceptors (Lipinski definition) is 4. The molecule has 2 rings (SSSR count). The first-order valence-corrected chi connectivity index (χ1v) is 7.73. The first-order valence-electron chi connectivity index (χ1n) is 5.26. The second-order valence-electron chi connectivity index (χ2n) is 3.91. The van der Waals surface area contributed by atoms with E-state index >= 15 is 0 Å². The zero-order chi connectivity index (χ0) is 12.5. The number of amidine groups is 1. The second-order valence-corrected chi connectivity index (χ2v) is 6.64. The monoisotopic (exact) mass is 270 g/mol. The smallest absolute Gasteiger partial charge is 0.261 e. The number of nitrogens with one attached hydrogen (secondary N) is 1. The number of hydrogen-bond donors (Lipinski definition) is 1. The van der Waals surface area contributed by atoms with Crippen molar-refractivity contribution in [3.8, 4) is 0 Å². The van der Waals surface area contributed by atoms with Gasteiger partial charge in [0, 0.05) is 5.75 Å². The molecular formula is C11H14N2O2S2. The van der Waals surface area contributed by atoms with Gasteiger partial charge in [0.05, 0.1) is 11.4 Å². The van der Waals surface area contributed by atoms with Crippen LogP contribution < -0.4 is 4.72 Å². The van der Waals surface area contributed by atoms with E-state index in [1.54, 1.807) is 13.0 Å². The summed E-state index contributed by atoms with van der Waals surface area (Å²) in [7, 11) is -3.50. The molecule has 0 aromatic heterocycles. The van der Waals surface area contributed by atoms with Crippen molar-refractivity contribution >= 4 is 27.0 Å². The van der Waals surface area contributed by atoms with Crippen molar-refractivity contribution in [1.29, 1.82) is 0 Å². The van der Waals surface area contributed by atoms with Gasteiger partial charge >= 0.3 is 0 Å². The molecule has 1 N–H and O–H groups in total. The molecule has 0 aliphatic carbocycles. The van der Waals surface area contributed by atoms with Gasteiger partial charge in [-0.1, -0.05) is 23.9 Å². The van der Waals surface area contributed by atoms with E-state index in [0.29, 0.717) is 16.6 Å². The Balaban J connectivity index is 2.34. The Morgan fingerprint density at radius 3 is 2.76 bits per heavy atom. The summed E-state index contributed by atoms with van der Waals surface area (Å²) in [4.78, 5) is 4.41. The third-order valence-electron chi connectivity index (χ3n) is 2.44. The molecule has 0 amide bonds. The van der Waals surface area contributed by atoms with Crippen molar-refractivity contribution in [2.45, 2.75) is 18.7 Å². The van der Waals surface area contributed by atoms with Crippen molar-refractivity contribution < 1.29 is 8.42 Å². The highest BCUT2D eigenvalue weighted by Gasteiger charge is 2.20. The van der Waals surface area contributed by atoms with Crippen LogP contribution in [0, 0.1) is 13.8 Å². The van der Waals surface area contributed by atoms with E-state index in [2.05, 4.69) is 9.71 Å². The molecule has 1 aliphatic rings. The van der Waals surface area contributed by atoms with Gasteiger partial charge in [-0.15, -0.1) is 0 Å². The number of sulfonamides is 1. The molecule has 0 unspecified atom stereocenters. The number of nitrogens with zero attached hydrogens (tertiary/aromatic N) is 1. The normalized spacial score (nSPS) is 15.8. The SMILES string of the molecule is Cc1ccc(C)c(S(=O)(=O)NC2=NCCS2)c1. The fraction of sp³-hybridized carbons (Fsp3) is 0.364. The lowest BCUT2D eigenvalue weighted by Gasteiger charge is -2.10. The van der Waals surface area contributed by atoms with Crippen LogP contribution in [0.25, 0.3) is 0 Å². The Morgan fingerprint density at radius 1 is 1.35 bits per heavy atom. The second kappa shape index (κ2) is 4.70. The lowest BCUT2D eigenvalue weighted by Crippen LogP contribution is -2.28. The zero-order valence-corrected chi connectivity index (χ0v) is 11.4. The maximum atomic E-state index is 12.2. The quantitative estimate of drug-likeness (QED) is 0.889. The first kappa shape index (κ1) is 12.4. The molecule has 0 saturated heterocycles. The number of benzene rings is 1. The maximum absolute atomic E-state index is 12.2. The van der Waals surface area contributed by atoms with Crippen LogP contribution in [0.5, 0.6) is 0 Å². The minimum Gasteiger partial charge on any atom is -0.261 e. The third kappa shape index (κ3) is 2.81. The summed E-state index contributed by atoms with van der Waals surface area (Å²) >= 11 is 1.43. The highest BCUT2D eigenvalue weighted by Crippen LogP contribution is 2.18. The molecule has 1 aliphatic heterocycles. The summed E-state index contributed by atoms with van der Waals surface area (Å²) in [6.45, 7) is 4.34. The Kier molecular flexibility index (Phi) is 3.44. The predicted molar refractivity (Wildman–Crippen MR) is 71.0 cm³/mol. The summed E-state index contributed by atoms with van der Waals surface area (Å²) in [5.41, 5.74) is 1.67. The molecule has 4 nitrogen and oxygen atoms in total. The van der Waals surface area contributed by atoms with Crippen LogP contribution in [0.2, 0.25) is 0 Å². The van der Waals surface area contributed by atoms with Gasteiger partial charge in [0.25, 0.3) is 10.0 Å². The lowest BCUT2D eigenvalue weighted by atomic mass is 10.2. The molecule has 6 heteroatoms. The molecule has 0 radical (unpaired) electrons. The van der Waals surface area contributed by atoms with E-state index in [1.807, 2.05) is 19.1 Å². The average Bonchev–Trinajstić information content (AvgIpc) is 2.73. The van der Waals surface area contributed by atoms with Crippen LogP contribution in [-0.2, 0) is 10.0 Å². The molecule has 0 fully saturated rings. The van der Waals surface area contributed by atoms with Crippen LogP contribution in [0.4, 0.5) is 0 Å². The highest BCUT2D eigenvalue weighted by atomic mass is 32.2. The van der Waals surface area contributed by atoms with Gasteiger partial charge < -0.3 is 0 Å². The number of aryl methyl sites for hydroxylation is 2. The van der Waals surface area contributed by atoms with Crippen LogP contribution in [-0.4, -0.2) is 25.9 Å². The summed E-state index contributed by atoms with van der Waals surface area (Å²) in [6, 6.07) is 5.39. The van der Waals surface area contributed by atoms with E-state index in [4.69, 9.17) is 0 Å². The minimum atomic E-state index is -3.50. The molecule has 0 bridgehead atoms. The van der Waals surface area contributed by atoms with E-state index in [1.165, 1.54) is 11.8 Å². The molecule has 0 saturated carbocycles. The fourth-order valence-corrected chi connectivity index (χ4v) is 3.92. The summed E-state index contributed by atoms with van der Waals surface area (Å²) in [5, 5.41) is 0.492. The van der Waals surface area contributed by atoms with Crippen molar-refractivity contribution in [3.05, 3.63) is 29.3 Å². The molecular weight excluding hydrogens is 256 g/mol. The van der Waals surface area contributed by atoms with Gasteiger partial charge in [0.2, 0.25) is 0 Å². The zero-order valence-electron chi connectivity index (χ0n) is 9.73.